The molecule has 0 aromatic heterocycles. The van der Waals surface area contributed by atoms with E-state index in [1.165, 1.54) is 0 Å². The van der Waals surface area contributed by atoms with E-state index in [9.17, 15) is 9.59 Å². The largest absolute Gasteiger partial charge is 0.369 e. The molecule has 1 fully saturated rings. The molecule has 2 aliphatic heterocycles. The van der Waals surface area contributed by atoms with Crippen LogP contribution < -0.4 is 11.1 Å². The van der Waals surface area contributed by atoms with Gasteiger partial charge in [-0.3, -0.25) is 14.5 Å². The first-order valence-electron chi connectivity index (χ1n) is 7.70. The Labute approximate surface area is 130 Å². The normalized spacial score (nSPS) is 20.3. The minimum atomic E-state index is -0.394. The van der Waals surface area contributed by atoms with Crippen LogP contribution in [0.3, 0.4) is 0 Å². The van der Waals surface area contributed by atoms with Crippen LogP contribution in [0.2, 0.25) is 0 Å². The average molecular weight is 305 g/mol. The molecule has 0 aliphatic carbocycles. The minimum Gasteiger partial charge on any atom is -0.369 e. The van der Waals surface area contributed by atoms with Crippen molar-refractivity contribution in [1.82, 2.24) is 10.2 Å². The van der Waals surface area contributed by atoms with Crippen molar-refractivity contribution in [3.05, 3.63) is 0 Å². The number of hydrogen-bond acceptors (Lipinski definition) is 5. The van der Waals surface area contributed by atoms with E-state index < -0.39 is 5.66 Å². The van der Waals surface area contributed by atoms with Crippen molar-refractivity contribution in [3.8, 4) is 12.3 Å². The van der Waals surface area contributed by atoms with Gasteiger partial charge in [-0.2, -0.15) is 10.2 Å². The Bertz CT molecular complexity index is 483. The number of primary amides is 1. The fraction of sp³-hybridized carbons (Fsp3) is 0.733. The fourth-order valence-corrected chi connectivity index (χ4v) is 2.74. The molecular weight excluding hydrogens is 282 g/mol. The van der Waals surface area contributed by atoms with Crippen LogP contribution in [-0.4, -0.2) is 48.1 Å². The summed E-state index contributed by atoms with van der Waals surface area (Å²) >= 11 is 0. The smallest absolute Gasteiger partial charge is 0.231 e. The molecular formula is C15H23N5O2. The topological polar surface area (TPSA) is 100 Å². The molecule has 0 bridgehead atoms. The van der Waals surface area contributed by atoms with E-state index in [0.29, 0.717) is 25.8 Å². The fourth-order valence-electron chi connectivity index (χ4n) is 2.74. The zero-order valence-electron chi connectivity index (χ0n) is 12.8. The summed E-state index contributed by atoms with van der Waals surface area (Å²) in [5.74, 6) is 2.30. The summed E-state index contributed by atoms with van der Waals surface area (Å²) in [6.45, 7) is 1.86. The molecule has 0 spiro atoms. The average Bonchev–Trinajstić information content (AvgIpc) is 3.25. The monoisotopic (exact) mass is 305 g/mol. The molecule has 0 unspecified atom stereocenters. The predicted octanol–water partition coefficient (Wildman–Crippen LogP) is 0.408. The molecule has 0 aromatic carbocycles. The summed E-state index contributed by atoms with van der Waals surface area (Å²) in [4.78, 5) is 24.9. The van der Waals surface area contributed by atoms with Gasteiger partial charge in [0.05, 0.1) is 6.54 Å². The zero-order valence-corrected chi connectivity index (χ0v) is 12.8. The van der Waals surface area contributed by atoms with Crippen LogP contribution in [0, 0.1) is 12.3 Å². The SMILES string of the molecule is C#CCCC1(CCC(=O)NC2CCN(CC(N)=O)CC2)N=N1. The summed E-state index contributed by atoms with van der Waals surface area (Å²) < 4.78 is 0. The van der Waals surface area contributed by atoms with Crippen LogP contribution in [0.4, 0.5) is 0 Å². The number of hydrogen-bond donors (Lipinski definition) is 2. The Kier molecular flexibility index (Phi) is 5.50. The first-order valence-corrected chi connectivity index (χ1v) is 7.70. The third-order valence-electron chi connectivity index (χ3n) is 4.14. The van der Waals surface area contributed by atoms with Gasteiger partial charge in [-0.05, 0) is 12.8 Å². The highest BCUT2D eigenvalue weighted by Crippen LogP contribution is 2.37. The Morgan fingerprint density at radius 3 is 2.55 bits per heavy atom. The number of carbonyl (C=O) groups excluding carboxylic acids is 2. The Morgan fingerprint density at radius 2 is 2.00 bits per heavy atom. The number of piperidine rings is 1. The molecule has 0 saturated carbocycles. The summed E-state index contributed by atoms with van der Waals surface area (Å²) in [5.41, 5.74) is 4.78. The second-order valence-corrected chi connectivity index (χ2v) is 5.97. The zero-order chi connectivity index (χ0) is 16.0. The number of carbonyl (C=O) groups is 2. The van der Waals surface area contributed by atoms with Crippen LogP contribution in [0.1, 0.15) is 38.5 Å². The van der Waals surface area contributed by atoms with Crippen LogP contribution in [0.5, 0.6) is 0 Å². The van der Waals surface area contributed by atoms with E-state index in [2.05, 4.69) is 21.5 Å². The van der Waals surface area contributed by atoms with Crippen LogP contribution in [-0.2, 0) is 9.59 Å². The minimum absolute atomic E-state index is 0.0331. The number of nitrogens with two attached hydrogens (primary N) is 1. The van der Waals surface area contributed by atoms with E-state index in [-0.39, 0.29) is 17.9 Å². The molecule has 120 valence electrons. The maximum Gasteiger partial charge on any atom is 0.231 e. The summed E-state index contributed by atoms with van der Waals surface area (Å²) in [7, 11) is 0. The van der Waals surface area contributed by atoms with Gasteiger partial charge in [0.25, 0.3) is 0 Å². The molecule has 2 heterocycles. The number of amides is 2. The van der Waals surface area contributed by atoms with Crippen molar-refractivity contribution in [2.24, 2.45) is 16.0 Å². The van der Waals surface area contributed by atoms with Crippen LogP contribution in [0.15, 0.2) is 10.2 Å². The number of rotatable bonds is 8. The Morgan fingerprint density at radius 1 is 1.32 bits per heavy atom. The lowest BCUT2D eigenvalue weighted by molar-refractivity contribution is -0.123. The third kappa shape index (κ3) is 5.11. The van der Waals surface area contributed by atoms with Gasteiger partial charge in [0.1, 0.15) is 0 Å². The van der Waals surface area contributed by atoms with E-state index in [1.54, 1.807) is 0 Å². The van der Waals surface area contributed by atoms with E-state index in [1.807, 2.05) is 4.90 Å². The number of nitrogens with zero attached hydrogens (tertiary/aromatic N) is 3. The van der Waals surface area contributed by atoms with Crippen molar-refractivity contribution in [2.45, 2.75) is 50.2 Å². The van der Waals surface area contributed by atoms with Gasteiger partial charge in [0.2, 0.25) is 11.8 Å². The summed E-state index contributed by atoms with van der Waals surface area (Å²) in [6.07, 6.45) is 9.32. The highest BCUT2D eigenvalue weighted by molar-refractivity contribution is 5.76. The maximum atomic E-state index is 12.0. The standard InChI is InChI=1S/C15H23N5O2/c1-2-3-7-15(18-19-15)8-4-14(22)17-12-5-9-20(10-6-12)11-13(16)21/h1,12H,3-11H2,(H2,16,21)(H,17,22). The van der Waals surface area contributed by atoms with Gasteiger partial charge in [-0.25, -0.2) is 0 Å². The van der Waals surface area contributed by atoms with E-state index in [4.69, 9.17) is 12.2 Å². The first-order chi connectivity index (χ1) is 10.5. The van der Waals surface area contributed by atoms with Crippen molar-refractivity contribution in [1.29, 1.82) is 0 Å². The van der Waals surface area contributed by atoms with E-state index in [0.717, 1.165) is 32.4 Å². The molecule has 0 aromatic rings. The summed E-state index contributed by atoms with van der Waals surface area (Å²) in [6, 6.07) is 0.173. The lowest BCUT2D eigenvalue weighted by atomic mass is 10.0. The maximum absolute atomic E-state index is 12.0. The molecule has 2 aliphatic rings. The van der Waals surface area contributed by atoms with E-state index >= 15 is 0 Å². The van der Waals surface area contributed by atoms with Gasteiger partial charge in [-0.15, -0.1) is 12.3 Å². The second kappa shape index (κ2) is 7.36. The van der Waals surface area contributed by atoms with Gasteiger partial charge >= 0.3 is 0 Å². The highest BCUT2D eigenvalue weighted by atomic mass is 16.2. The Balaban J connectivity index is 1.62. The van der Waals surface area contributed by atoms with Crippen molar-refractivity contribution >= 4 is 11.8 Å². The quantitative estimate of drug-likeness (QED) is 0.635. The lowest BCUT2D eigenvalue weighted by Crippen LogP contribution is -2.46. The number of nitrogens with one attached hydrogen (secondary N) is 1. The van der Waals surface area contributed by atoms with Gasteiger partial charge in [0, 0.05) is 44.8 Å². The molecule has 7 nitrogen and oxygen atoms in total. The molecule has 3 N–H and O–H groups in total. The van der Waals surface area contributed by atoms with Gasteiger partial charge in [-0.1, -0.05) is 0 Å². The van der Waals surface area contributed by atoms with Crippen LogP contribution >= 0.6 is 0 Å². The Hall–Kier alpha value is -1.94. The van der Waals surface area contributed by atoms with Gasteiger partial charge < -0.3 is 11.1 Å². The molecule has 0 atom stereocenters. The van der Waals surface area contributed by atoms with Crippen molar-refractivity contribution < 1.29 is 9.59 Å². The third-order valence-corrected chi connectivity index (χ3v) is 4.14. The number of likely N-dealkylation sites (tertiary alicyclic amines) is 1. The van der Waals surface area contributed by atoms with Gasteiger partial charge in [0.15, 0.2) is 5.66 Å². The molecule has 2 rings (SSSR count). The summed E-state index contributed by atoms with van der Waals surface area (Å²) in [5, 5.41) is 11.1. The van der Waals surface area contributed by atoms with Crippen molar-refractivity contribution in [2.75, 3.05) is 19.6 Å². The van der Waals surface area contributed by atoms with Crippen LogP contribution in [0.25, 0.3) is 0 Å². The lowest BCUT2D eigenvalue weighted by Gasteiger charge is -2.31. The molecule has 22 heavy (non-hydrogen) atoms. The van der Waals surface area contributed by atoms with Crippen molar-refractivity contribution in [3.63, 3.8) is 0 Å². The molecule has 7 heteroatoms. The number of terminal acetylenes is 1. The molecule has 0 radical (unpaired) electrons. The predicted molar refractivity (Wildman–Crippen MR) is 81.7 cm³/mol. The molecule has 2 amide bonds. The molecule has 1 saturated heterocycles. The highest BCUT2D eigenvalue weighted by Gasteiger charge is 2.39. The first kappa shape index (κ1) is 16.4. The second-order valence-electron chi connectivity index (χ2n) is 5.97.